The predicted octanol–water partition coefficient (Wildman–Crippen LogP) is 0.591. The molecule has 1 atom stereocenters. The molecule has 1 rings (SSSR count). The number of amides is 1. The fraction of sp³-hybridized carbons (Fsp3) is 0.462. The van der Waals surface area contributed by atoms with Crippen molar-refractivity contribution in [3.05, 3.63) is 29.8 Å². The van der Waals surface area contributed by atoms with E-state index in [1.165, 1.54) is 0 Å². The van der Waals surface area contributed by atoms with Gasteiger partial charge in [-0.2, -0.15) is 0 Å². The van der Waals surface area contributed by atoms with Gasteiger partial charge in [0.15, 0.2) is 0 Å². The molecule has 0 aliphatic heterocycles. The van der Waals surface area contributed by atoms with E-state index in [-0.39, 0.29) is 19.1 Å². The Morgan fingerprint density at radius 2 is 2.11 bits per heavy atom. The SMILES string of the molecule is CCCNc1ccccc1C(=O)NCC(O)CO. The van der Waals surface area contributed by atoms with E-state index >= 15 is 0 Å². The van der Waals surface area contributed by atoms with Crippen molar-refractivity contribution in [1.82, 2.24) is 5.32 Å². The average molecular weight is 252 g/mol. The minimum Gasteiger partial charge on any atom is -0.394 e. The number of anilines is 1. The topological polar surface area (TPSA) is 81.6 Å². The number of hydrogen-bond donors (Lipinski definition) is 4. The molecule has 1 amide bonds. The summed E-state index contributed by atoms with van der Waals surface area (Å²) in [6.45, 7) is 2.52. The quantitative estimate of drug-likeness (QED) is 0.572. The van der Waals surface area contributed by atoms with Crippen molar-refractivity contribution in [3.8, 4) is 0 Å². The number of hydrogen-bond acceptors (Lipinski definition) is 4. The van der Waals surface area contributed by atoms with Crippen LogP contribution in [0.15, 0.2) is 24.3 Å². The van der Waals surface area contributed by atoms with Crippen LogP contribution in [0.3, 0.4) is 0 Å². The first kappa shape index (κ1) is 14.5. The van der Waals surface area contributed by atoms with Gasteiger partial charge in [-0.3, -0.25) is 4.79 Å². The zero-order valence-electron chi connectivity index (χ0n) is 10.5. The van der Waals surface area contributed by atoms with Crippen LogP contribution in [0.1, 0.15) is 23.7 Å². The maximum atomic E-state index is 11.9. The third-order valence-corrected chi connectivity index (χ3v) is 2.45. The van der Waals surface area contributed by atoms with Gasteiger partial charge in [0.05, 0.1) is 18.3 Å². The van der Waals surface area contributed by atoms with Crippen LogP contribution < -0.4 is 10.6 Å². The molecule has 18 heavy (non-hydrogen) atoms. The van der Waals surface area contributed by atoms with Gasteiger partial charge in [0, 0.05) is 18.8 Å². The molecule has 0 fully saturated rings. The van der Waals surface area contributed by atoms with Crippen LogP contribution in [-0.4, -0.2) is 41.9 Å². The highest BCUT2D eigenvalue weighted by Gasteiger charge is 2.11. The summed E-state index contributed by atoms with van der Waals surface area (Å²) >= 11 is 0. The molecule has 0 aliphatic rings. The molecule has 4 N–H and O–H groups in total. The molecule has 0 radical (unpaired) electrons. The van der Waals surface area contributed by atoms with Gasteiger partial charge in [0.25, 0.3) is 5.91 Å². The fourth-order valence-electron chi connectivity index (χ4n) is 1.47. The Morgan fingerprint density at radius 3 is 2.78 bits per heavy atom. The maximum Gasteiger partial charge on any atom is 0.253 e. The summed E-state index contributed by atoms with van der Waals surface area (Å²) in [5, 5.41) is 23.6. The minimum absolute atomic E-state index is 0.0391. The van der Waals surface area contributed by atoms with Crippen LogP contribution in [0.2, 0.25) is 0 Å². The fourth-order valence-corrected chi connectivity index (χ4v) is 1.47. The van der Waals surface area contributed by atoms with Gasteiger partial charge in [0.2, 0.25) is 0 Å². The molecule has 0 saturated carbocycles. The van der Waals surface area contributed by atoms with Crippen molar-refractivity contribution in [3.63, 3.8) is 0 Å². The summed E-state index contributed by atoms with van der Waals surface area (Å²) < 4.78 is 0. The monoisotopic (exact) mass is 252 g/mol. The van der Waals surface area contributed by atoms with Crippen LogP contribution in [0, 0.1) is 0 Å². The van der Waals surface area contributed by atoms with Crippen LogP contribution >= 0.6 is 0 Å². The van der Waals surface area contributed by atoms with Crippen LogP contribution in [-0.2, 0) is 0 Å². The maximum absolute atomic E-state index is 11.9. The van der Waals surface area contributed by atoms with E-state index in [0.29, 0.717) is 5.56 Å². The number of benzene rings is 1. The number of rotatable bonds is 7. The average Bonchev–Trinajstić information content (AvgIpc) is 2.42. The summed E-state index contributed by atoms with van der Waals surface area (Å²) in [4.78, 5) is 11.9. The minimum atomic E-state index is -0.926. The molecular formula is C13H20N2O3. The summed E-state index contributed by atoms with van der Waals surface area (Å²) in [5.74, 6) is -0.262. The molecule has 0 saturated heterocycles. The molecule has 1 unspecified atom stereocenters. The highest BCUT2D eigenvalue weighted by Crippen LogP contribution is 2.14. The van der Waals surface area contributed by atoms with Crippen molar-refractivity contribution >= 4 is 11.6 Å². The van der Waals surface area contributed by atoms with Crippen LogP contribution in [0.5, 0.6) is 0 Å². The molecule has 0 bridgehead atoms. The Balaban J connectivity index is 2.66. The van der Waals surface area contributed by atoms with Gasteiger partial charge < -0.3 is 20.8 Å². The van der Waals surface area contributed by atoms with Crippen LogP contribution in [0.25, 0.3) is 0 Å². The summed E-state index contributed by atoms with van der Waals surface area (Å²) in [6.07, 6.45) is 0.0452. The lowest BCUT2D eigenvalue weighted by molar-refractivity contribution is 0.0802. The van der Waals surface area contributed by atoms with Crippen molar-refractivity contribution < 1.29 is 15.0 Å². The second-order valence-electron chi connectivity index (χ2n) is 4.02. The third-order valence-electron chi connectivity index (χ3n) is 2.45. The molecule has 0 spiro atoms. The molecule has 1 aromatic rings. The number of nitrogens with one attached hydrogen (secondary N) is 2. The van der Waals surface area contributed by atoms with E-state index < -0.39 is 6.10 Å². The largest absolute Gasteiger partial charge is 0.394 e. The third kappa shape index (κ3) is 4.35. The van der Waals surface area contributed by atoms with Gasteiger partial charge in [-0.25, -0.2) is 0 Å². The Bertz CT molecular complexity index is 382. The first-order chi connectivity index (χ1) is 8.69. The van der Waals surface area contributed by atoms with E-state index in [1.54, 1.807) is 12.1 Å². The van der Waals surface area contributed by atoms with Crippen molar-refractivity contribution in [2.24, 2.45) is 0 Å². The smallest absolute Gasteiger partial charge is 0.253 e. The summed E-state index contributed by atoms with van der Waals surface area (Å²) in [5.41, 5.74) is 1.31. The van der Waals surface area contributed by atoms with Gasteiger partial charge in [-0.1, -0.05) is 19.1 Å². The molecule has 100 valence electrons. The number of carbonyl (C=O) groups is 1. The van der Waals surface area contributed by atoms with Gasteiger partial charge in [-0.15, -0.1) is 0 Å². The highest BCUT2D eigenvalue weighted by atomic mass is 16.3. The summed E-state index contributed by atoms with van der Waals surface area (Å²) in [7, 11) is 0. The summed E-state index contributed by atoms with van der Waals surface area (Å²) in [6, 6.07) is 7.21. The Hall–Kier alpha value is -1.59. The molecular weight excluding hydrogens is 232 g/mol. The Kier molecular flexibility index (Phi) is 6.18. The van der Waals surface area contributed by atoms with Gasteiger partial charge in [0.1, 0.15) is 0 Å². The lowest BCUT2D eigenvalue weighted by Gasteiger charge is -2.13. The molecule has 0 aliphatic carbocycles. The second kappa shape index (κ2) is 7.68. The molecule has 0 heterocycles. The molecule has 0 aromatic heterocycles. The molecule has 5 heteroatoms. The lowest BCUT2D eigenvalue weighted by atomic mass is 10.1. The van der Waals surface area contributed by atoms with Gasteiger partial charge >= 0.3 is 0 Å². The highest BCUT2D eigenvalue weighted by molar-refractivity contribution is 5.99. The van der Waals surface area contributed by atoms with E-state index in [0.717, 1.165) is 18.7 Å². The standard InChI is InChI=1S/C13H20N2O3/c1-2-7-14-12-6-4-3-5-11(12)13(18)15-8-10(17)9-16/h3-6,10,14,16-17H,2,7-9H2,1H3,(H,15,18). The Labute approximate surface area is 107 Å². The van der Waals surface area contributed by atoms with E-state index in [1.807, 2.05) is 19.1 Å². The van der Waals surface area contributed by atoms with Crippen molar-refractivity contribution in [2.45, 2.75) is 19.4 Å². The van der Waals surface area contributed by atoms with Crippen molar-refractivity contribution in [2.75, 3.05) is 25.0 Å². The predicted molar refractivity (Wildman–Crippen MR) is 70.6 cm³/mol. The second-order valence-corrected chi connectivity index (χ2v) is 4.02. The number of aliphatic hydroxyl groups excluding tert-OH is 2. The number of para-hydroxylation sites is 1. The molecule has 5 nitrogen and oxygen atoms in total. The number of aliphatic hydroxyl groups is 2. The Morgan fingerprint density at radius 1 is 1.39 bits per heavy atom. The first-order valence-corrected chi connectivity index (χ1v) is 6.09. The van der Waals surface area contributed by atoms with Crippen LogP contribution in [0.4, 0.5) is 5.69 Å². The molecule has 1 aromatic carbocycles. The lowest BCUT2D eigenvalue weighted by Crippen LogP contribution is -2.34. The normalized spacial score (nSPS) is 11.9. The van der Waals surface area contributed by atoms with E-state index in [4.69, 9.17) is 5.11 Å². The zero-order valence-corrected chi connectivity index (χ0v) is 10.5. The zero-order chi connectivity index (χ0) is 13.4. The van der Waals surface area contributed by atoms with Gasteiger partial charge in [-0.05, 0) is 18.6 Å². The van der Waals surface area contributed by atoms with Crippen molar-refractivity contribution in [1.29, 1.82) is 0 Å². The van der Waals surface area contributed by atoms with E-state index in [9.17, 15) is 9.90 Å². The first-order valence-electron chi connectivity index (χ1n) is 6.09. The van der Waals surface area contributed by atoms with E-state index in [2.05, 4.69) is 10.6 Å². The number of carbonyl (C=O) groups excluding carboxylic acids is 1.